The molecule has 0 saturated heterocycles. The van der Waals surface area contributed by atoms with Crippen molar-refractivity contribution in [2.45, 2.75) is 44.3 Å². The summed E-state index contributed by atoms with van der Waals surface area (Å²) < 4.78 is 16.3. The molecule has 0 fully saturated rings. The van der Waals surface area contributed by atoms with Gasteiger partial charge in [-0.3, -0.25) is 4.79 Å². The van der Waals surface area contributed by atoms with Crippen molar-refractivity contribution in [1.82, 2.24) is 0 Å². The number of allylic oxidation sites excluding steroid dienone is 1. The molecule has 2 unspecified atom stereocenters. The average molecular weight is 483 g/mol. The third-order valence-electron chi connectivity index (χ3n) is 5.53. The van der Waals surface area contributed by atoms with Crippen LogP contribution >= 0.6 is 0 Å². The van der Waals surface area contributed by atoms with Crippen molar-refractivity contribution in [2.24, 2.45) is 0 Å². The summed E-state index contributed by atoms with van der Waals surface area (Å²) in [7, 11) is 0. The fraction of sp³-hybridized carbons (Fsp3) is 0.357. The van der Waals surface area contributed by atoms with E-state index in [-0.39, 0.29) is 32.0 Å². The summed E-state index contributed by atoms with van der Waals surface area (Å²) in [6.45, 7) is 10.8. The Hall–Kier alpha value is -3.42. The van der Waals surface area contributed by atoms with E-state index < -0.39 is 23.6 Å². The zero-order valence-corrected chi connectivity index (χ0v) is 20.3. The minimum Gasteiger partial charge on any atom is -0.491 e. The second-order valence-electron chi connectivity index (χ2n) is 8.65. The fourth-order valence-corrected chi connectivity index (χ4v) is 3.28. The first kappa shape index (κ1) is 27.8. The second kappa shape index (κ2) is 13.5. The molecule has 0 aliphatic carbocycles. The van der Waals surface area contributed by atoms with Crippen LogP contribution in [0.25, 0.3) is 0 Å². The first-order chi connectivity index (χ1) is 16.6. The van der Waals surface area contributed by atoms with Gasteiger partial charge in [-0.05, 0) is 47.9 Å². The summed E-state index contributed by atoms with van der Waals surface area (Å²) in [6, 6.07) is 15.2. The molecule has 0 aromatic heterocycles. The van der Waals surface area contributed by atoms with Crippen molar-refractivity contribution >= 4 is 11.8 Å². The molecule has 35 heavy (non-hydrogen) atoms. The first-order valence-corrected chi connectivity index (χ1v) is 11.4. The Kier molecular flexibility index (Phi) is 10.7. The van der Waals surface area contributed by atoms with Crippen LogP contribution in [-0.2, 0) is 19.7 Å². The highest BCUT2D eigenvalue weighted by atomic mass is 16.5. The topological polar surface area (TPSA) is 102 Å². The molecule has 0 bridgehead atoms. The minimum atomic E-state index is -0.963. The molecule has 7 heteroatoms. The number of aliphatic hydroxyl groups is 2. The molecule has 0 heterocycles. The van der Waals surface area contributed by atoms with Gasteiger partial charge in [-0.2, -0.15) is 0 Å². The Bertz CT molecular complexity index is 932. The van der Waals surface area contributed by atoms with Crippen molar-refractivity contribution in [1.29, 1.82) is 0 Å². The van der Waals surface area contributed by atoms with E-state index in [0.29, 0.717) is 17.9 Å². The second-order valence-corrected chi connectivity index (χ2v) is 8.65. The smallest absolute Gasteiger partial charge is 0.330 e. The molecular formula is C28H34O7. The van der Waals surface area contributed by atoms with Crippen molar-refractivity contribution in [3.8, 4) is 11.5 Å². The maximum atomic E-state index is 11.3. The lowest BCUT2D eigenvalue weighted by Gasteiger charge is -2.27. The van der Waals surface area contributed by atoms with E-state index in [0.717, 1.165) is 17.2 Å². The van der Waals surface area contributed by atoms with Gasteiger partial charge < -0.3 is 24.4 Å². The minimum absolute atomic E-state index is 0.0294. The Morgan fingerprint density at radius 2 is 1.43 bits per heavy atom. The fourth-order valence-electron chi connectivity index (χ4n) is 3.28. The number of benzene rings is 2. The quantitative estimate of drug-likeness (QED) is 0.294. The third-order valence-corrected chi connectivity index (χ3v) is 5.53. The van der Waals surface area contributed by atoms with Gasteiger partial charge in [-0.1, -0.05) is 51.3 Å². The van der Waals surface area contributed by atoms with E-state index >= 15 is 0 Å². The first-order valence-electron chi connectivity index (χ1n) is 11.4. The zero-order chi connectivity index (χ0) is 25.8. The molecule has 0 saturated carbocycles. The van der Waals surface area contributed by atoms with Gasteiger partial charge in [0.25, 0.3) is 0 Å². The summed E-state index contributed by atoms with van der Waals surface area (Å²) in [5.41, 5.74) is 1.59. The number of hydrogen-bond donors (Lipinski definition) is 2. The van der Waals surface area contributed by atoms with Gasteiger partial charge in [0.2, 0.25) is 0 Å². The van der Waals surface area contributed by atoms with E-state index in [1.54, 1.807) is 6.07 Å². The standard InChI is InChI=1S/C28H34O7/c1-5-22(29)13-14-23(30)17-33-25-11-7-9-20(15-25)28(3,4)21-10-8-12-26(16-21)34-18-24(31)19-35-27(32)6-2/h5-12,15-16,23-24,30-31H,1-2,13-14,17-19H2,3-4H3. The number of carbonyl (C=O) groups excluding carboxylic acids is 2. The van der Waals surface area contributed by atoms with E-state index in [9.17, 15) is 19.8 Å². The van der Waals surface area contributed by atoms with Gasteiger partial charge in [0.15, 0.2) is 5.78 Å². The number of rotatable bonds is 15. The van der Waals surface area contributed by atoms with E-state index in [4.69, 9.17) is 14.2 Å². The van der Waals surface area contributed by atoms with Crippen LogP contribution in [0.3, 0.4) is 0 Å². The van der Waals surface area contributed by atoms with Gasteiger partial charge in [0, 0.05) is 17.9 Å². The van der Waals surface area contributed by atoms with Crippen LogP contribution in [0, 0.1) is 0 Å². The van der Waals surface area contributed by atoms with Gasteiger partial charge in [0.1, 0.15) is 37.4 Å². The van der Waals surface area contributed by atoms with Gasteiger partial charge in [-0.25, -0.2) is 4.79 Å². The van der Waals surface area contributed by atoms with Gasteiger partial charge in [-0.15, -0.1) is 0 Å². The number of esters is 1. The van der Waals surface area contributed by atoms with E-state index in [2.05, 4.69) is 27.0 Å². The predicted molar refractivity (Wildman–Crippen MR) is 134 cm³/mol. The Morgan fingerprint density at radius 1 is 0.886 bits per heavy atom. The van der Waals surface area contributed by atoms with Crippen molar-refractivity contribution in [3.05, 3.63) is 85.0 Å². The van der Waals surface area contributed by atoms with Crippen LogP contribution in [0.2, 0.25) is 0 Å². The Labute approximate surface area is 206 Å². The molecule has 2 aromatic carbocycles. The summed E-state index contributed by atoms with van der Waals surface area (Å²) >= 11 is 0. The van der Waals surface area contributed by atoms with Crippen LogP contribution in [-0.4, -0.2) is 54.0 Å². The number of carbonyl (C=O) groups is 2. The lowest BCUT2D eigenvalue weighted by atomic mass is 9.78. The van der Waals surface area contributed by atoms with Crippen LogP contribution in [0.5, 0.6) is 11.5 Å². The molecule has 188 valence electrons. The van der Waals surface area contributed by atoms with E-state index in [1.165, 1.54) is 6.08 Å². The van der Waals surface area contributed by atoms with Crippen molar-refractivity contribution in [3.63, 3.8) is 0 Å². The molecule has 7 nitrogen and oxygen atoms in total. The molecule has 2 N–H and O–H groups in total. The normalized spacial score (nSPS) is 12.8. The molecule has 0 radical (unpaired) electrons. The highest BCUT2D eigenvalue weighted by molar-refractivity contribution is 5.88. The number of aliphatic hydroxyl groups excluding tert-OH is 2. The van der Waals surface area contributed by atoms with Crippen LogP contribution in [0.1, 0.15) is 37.8 Å². The van der Waals surface area contributed by atoms with Crippen molar-refractivity contribution < 1.29 is 34.0 Å². The molecule has 2 rings (SSSR count). The molecular weight excluding hydrogens is 448 g/mol. The predicted octanol–water partition coefficient (Wildman–Crippen LogP) is 3.76. The lowest BCUT2D eigenvalue weighted by molar-refractivity contribution is -0.141. The highest BCUT2D eigenvalue weighted by Crippen LogP contribution is 2.34. The summed E-state index contributed by atoms with van der Waals surface area (Å²) in [5, 5.41) is 20.0. The number of ketones is 1. The van der Waals surface area contributed by atoms with Gasteiger partial charge in [0.05, 0.1) is 6.10 Å². The lowest BCUT2D eigenvalue weighted by Crippen LogP contribution is -2.25. The molecule has 0 spiro atoms. The molecule has 0 aliphatic heterocycles. The summed E-state index contributed by atoms with van der Waals surface area (Å²) in [4.78, 5) is 22.4. The zero-order valence-electron chi connectivity index (χ0n) is 20.3. The summed E-state index contributed by atoms with van der Waals surface area (Å²) in [5.74, 6) is 0.490. The third kappa shape index (κ3) is 9.03. The number of hydrogen-bond acceptors (Lipinski definition) is 7. The highest BCUT2D eigenvalue weighted by Gasteiger charge is 2.24. The maximum Gasteiger partial charge on any atom is 0.330 e. The SMILES string of the molecule is C=CC(=O)CCC(O)COc1cccc(C(C)(C)c2cccc(OCC(O)COC(=O)C=C)c2)c1. The van der Waals surface area contributed by atoms with Crippen molar-refractivity contribution in [2.75, 3.05) is 19.8 Å². The van der Waals surface area contributed by atoms with Crippen LogP contribution in [0.15, 0.2) is 73.8 Å². The molecule has 0 amide bonds. The molecule has 0 aliphatic rings. The van der Waals surface area contributed by atoms with Crippen LogP contribution in [0.4, 0.5) is 0 Å². The Morgan fingerprint density at radius 3 is 1.94 bits per heavy atom. The summed E-state index contributed by atoms with van der Waals surface area (Å²) in [6.07, 6.45) is 1.12. The van der Waals surface area contributed by atoms with Gasteiger partial charge >= 0.3 is 5.97 Å². The maximum absolute atomic E-state index is 11.3. The largest absolute Gasteiger partial charge is 0.491 e. The van der Waals surface area contributed by atoms with E-state index in [1.807, 2.05) is 42.5 Å². The van der Waals surface area contributed by atoms with Crippen LogP contribution < -0.4 is 9.47 Å². The number of ether oxygens (including phenoxy) is 3. The monoisotopic (exact) mass is 482 g/mol. The molecule has 2 aromatic rings. The molecule has 2 atom stereocenters. The average Bonchev–Trinajstić information content (AvgIpc) is 2.88. The Balaban J connectivity index is 2.01.